The Labute approximate surface area is 180 Å². The Morgan fingerprint density at radius 2 is 2.21 bits per heavy atom. The minimum absolute atomic E-state index is 0.00998. The van der Waals surface area contributed by atoms with Gasteiger partial charge in [-0.15, -0.1) is 0 Å². The second kappa shape index (κ2) is 8.64. The predicted octanol–water partition coefficient (Wildman–Crippen LogP) is 4.81. The molecular formula is C20H19FIN3O4. The lowest BCUT2D eigenvalue weighted by Crippen LogP contribution is -2.33. The minimum atomic E-state index is -0.697. The molecule has 1 atom stereocenters. The van der Waals surface area contributed by atoms with E-state index in [1.165, 1.54) is 6.07 Å². The summed E-state index contributed by atoms with van der Waals surface area (Å²) < 4.78 is 26.8. The number of aryl methyl sites for hydroxylation is 1. The van der Waals surface area contributed by atoms with Crippen molar-refractivity contribution >= 4 is 51.0 Å². The fourth-order valence-electron chi connectivity index (χ4n) is 3.14. The van der Waals surface area contributed by atoms with E-state index in [1.807, 2.05) is 25.1 Å². The van der Waals surface area contributed by atoms with Crippen LogP contribution < -0.4 is 10.8 Å². The molecule has 2 N–H and O–H groups in total. The molecule has 7 nitrogen and oxygen atoms in total. The van der Waals surface area contributed by atoms with Crippen LogP contribution in [0.2, 0.25) is 0 Å². The maximum absolute atomic E-state index is 15.2. The number of halogens is 2. The number of amides is 1. The monoisotopic (exact) mass is 511 g/mol. The van der Waals surface area contributed by atoms with Crippen molar-refractivity contribution in [2.45, 2.75) is 32.5 Å². The van der Waals surface area contributed by atoms with Crippen LogP contribution >= 0.6 is 22.6 Å². The Kier molecular flexibility index (Phi) is 5.97. The first-order chi connectivity index (χ1) is 14.0. The average molecular weight is 511 g/mol. The van der Waals surface area contributed by atoms with Gasteiger partial charge < -0.3 is 14.5 Å². The third-order valence-electron chi connectivity index (χ3n) is 4.68. The summed E-state index contributed by atoms with van der Waals surface area (Å²) in [6.45, 7) is 2.48. The summed E-state index contributed by atoms with van der Waals surface area (Å²) in [6.07, 6.45) is 3.23. The number of hydrogen-bond donors (Lipinski definition) is 2. The second-order valence-corrected chi connectivity index (χ2v) is 7.99. The van der Waals surface area contributed by atoms with Crippen LogP contribution in [0.25, 0.3) is 11.1 Å². The van der Waals surface area contributed by atoms with Crippen LogP contribution in [-0.4, -0.2) is 23.8 Å². The van der Waals surface area contributed by atoms with Crippen molar-refractivity contribution in [3.8, 4) is 0 Å². The van der Waals surface area contributed by atoms with Gasteiger partial charge in [0.1, 0.15) is 5.52 Å². The number of carbonyl (C=O) groups excluding carboxylic acids is 1. The van der Waals surface area contributed by atoms with Crippen molar-refractivity contribution < 1.29 is 23.2 Å². The third kappa shape index (κ3) is 4.36. The molecule has 1 aromatic heterocycles. The van der Waals surface area contributed by atoms with Gasteiger partial charge in [-0.25, -0.2) is 19.7 Å². The topological polar surface area (TPSA) is 85.6 Å². The van der Waals surface area contributed by atoms with Gasteiger partial charge in [0.2, 0.25) is 0 Å². The molecule has 0 spiro atoms. The van der Waals surface area contributed by atoms with Crippen molar-refractivity contribution in [2.75, 3.05) is 11.9 Å². The number of hydrogen-bond acceptors (Lipinski definition) is 6. The summed E-state index contributed by atoms with van der Waals surface area (Å²) in [5, 5.41) is 3.02. The van der Waals surface area contributed by atoms with E-state index in [0.717, 1.165) is 28.4 Å². The van der Waals surface area contributed by atoms with E-state index in [2.05, 4.69) is 38.4 Å². The molecule has 1 saturated heterocycles. The van der Waals surface area contributed by atoms with Crippen LogP contribution in [0.3, 0.4) is 0 Å². The van der Waals surface area contributed by atoms with E-state index in [-0.39, 0.29) is 22.4 Å². The number of carbonyl (C=O) groups is 1. The summed E-state index contributed by atoms with van der Waals surface area (Å²) >= 11 is 2.20. The zero-order chi connectivity index (χ0) is 20.4. The van der Waals surface area contributed by atoms with Crippen molar-refractivity contribution in [2.24, 2.45) is 0 Å². The minimum Gasteiger partial charge on any atom is -0.440 e. The summed E-state index contributed by atoms with van der Waals surface area (Å²) in [4.78, 5) is 22.1. The number of fused-ring (bicyclic) bond motifs is 1. The first-order valence-electron chi connectivity index (χ1n) is 9.19. The van der Waals surface area contributed by atoms with Gasteiger partial charge in [0.05, 0.1) is 11.3 Å². The van der Waals surface area contributed by atoms with Crippen LogP contribution in [0.5, 0.6) is 0 Å². The summed E-state index contributed by atoms with van der Waals surface area (Å²) in [5.41, 5.74) is 4.22. The number of nitrogens with zero attached hydrogens (tertiary/aromatic N) is 1. The quantitative estimate of drug-likeness (QED) is 0.378. The van der Waals surface area contributed by atoms with E-state index in [4.69, 9.17) is 14.0 Å². The highest BCUT2D eigenvalue weighted by Crippen LogP contribution is 2.32. The van der Waals surface area contributed by atoms with Crippen LogP contribution in [0, 0.1) is 16.3 Å². The maximum Gasteiger partial charge on any atom is 0.277 e. The number of oxazole rings is 1. The van der Waals surface area contributed by atoms with Crippen LogP contribution in [0.15, 0.2) is 35.1 Å². The number of aromatic nitrogens is 1. The number of ether oxygens (including phenoxy) is 1. The molecular weight excluding hydrogens is 492 g/mol. The molecule has 2 heterocycles. The summed E-state index contributed by atoms with van der Waals surface area (Å²) in [5.74, 6) is -1.30. The van der Waals surface area contributed by atoms with Crippen LogP contribution in [0.4, 0.5) is 15.8 Å². The molecule has 1 amide bonds. The lowest BCUT2D eigenvalue weighted by atomic mass is 10.1. The fraction of sp³-hybridized carbons (Fsp3) is 0.300. The fourth-order valence-corrected chi connectivity index (χ4v) is 3.79. The lowest BCUT2D eigenvalue weighted by molar-refractivity contribution is -0.186. The maximum atomic E-state index is 15.2. The van der Waals surface area contributed by atoms with Gasteiger partial charge in [0.25, 0.3) is 5.91 Å². The Bertz CT molecular complexity index is 1050. The van der Waals surface area contributed by atoms with E-state index in [1.54, 1.807) is 0 Å². The van der Waals surface area contributed by atoms with Crippen LogP contribution in [0.1, 0.15) is 35.2 Å². The van der Waals surface area contributed by atoms with E-state index in [0.29, 0.717) is 18.7 Å². The SMILES string of the molecule is Cc1cc(I)ccc1Nc1c(C(=O)NOC2CCCCO2)cc2ncoc2c1F. The van der Waals surface area contributed by atoms with Gasteiger partial charge >= 0.3 is 0 Å². The molecule has 29 heavy (non-hydrogen) atoms. The smallest absolute Gasteiger partial charge is 0.277 e. The molecule has 2 aromatic carbocycles. The van der Waals surface area contributed by atoms with Crippen LogP contribution in [-0.2, 0) is 9.57 Å². The van der Waals surface area contributed by atoms with E-state index >= 15 is 4.39 Å². The second-order valence-electron chi connectivity index (χ2n) is 6.74. The molecule has 9 heteroatoms. The number of anilines is 2. The molecule has 0 saturated carbocycles. The molecule has 1 unspecified atom stereocenters. The largest absolute Gasteiger partial charge is 0.440 e. The van der Waals surface area contributed by atoms with Crippen molar-refractivity contribution in [3.05, 3.63) is 51.2 Å². The number of rotatable bonds is 5. The Hall–Kier alpha value is -2.24. The highest BCUT2D eigenvalue weighted by Gasteiger charge is 2.23. The standard InChI is InChI=1S/C20H19FIN3O4/c1-11-8-12(22)5-6-14(11)24-18-13(9-15-19(17(18)21)28-10-23-15)20(26)25-29-16-4-2-3-7-27-16/h5-6,8-10,16,24H,2-4,7H2,1H3,(H,25,26). The number of benzene rings is 2. The zero-order valence-corrected chi connectivity index (χ0v) is 17.8. The first-order valence-corrected chi connectivity index (χ1v) is 10.3. The molecule has 3 aromatic rings. The normalized spacial score (nSPS) is 16.7. The zero-order valence-electron chi connectivity index (χ0n) is 15.6. The highest BCUT2D eigenvalue weighted by molar-refractivity contribution is 14.1. The number of hydroxylamine groups is 1. The van der Waals surface area contributed by atoms with E-state index in [9.17, 15) is 4.79 Å². The van der Waals surface area contributed by atoms with Crippen molar-refractivity contribution in [3.63, 3.8) is 0 Å². The third-order valence-corrected chi connectivity index (χ3v) is 5.35. The summed E-state index contributed by atoms with van der Waals surface area (Å²) in [7, 11) is 0. The predicted molar refractivity (Wildman–Crippen MR) is 113 cm³/mol. The Morgan fingerprint density at radius 1 is 1.34 bits per heavy atom. The molecule has 0 radical (unpaired) electrons. The molecule has 1 aliphatic rings. The summed E-state index contributed by atoms with van der Waals surface area (Å²) in [6, 6.07) is 7.14. The molecule has 1 aliphatic heterocycles. The van der Waals surface area contributed by atoms with Gasteiger partial charge in [-0.3, -0.25) is 4.79 Å². The van der Waals surface area contributed by atoms with E-state index < -0.39 is 18.0 Å². The highest BCUT2D eigenvalue weighted by atomic mass is 127. The molecule has 0 bridgehead atoms. The van der Waals surface area contributed by atoms with Gasteiger partial charge in [-0.2, -0.15) is 0 Å². The molecule has 152 valence electrons. The Balaban J connectivity index is 1.66. The Morgan fingerprint density at radius 3 is 2.97 bits per heavy atom. The molecule has 0 aliphatic carbocycles. The molecule has 4 rings (SSSR count). The van der Waals surface area contributed by atoms with Gasteiger partial charge in [0.15, 0.2) is 24.1 Å². The van der Waals surface area contributed by atoms with Gasteiger partial charge in [0, 0.05) is 22.3 Å². The number of nitrogens with one attached hydrogen (secondary N) is 2. The molecule has 1 fully saturated rings. The average Bonchev–Trinajstić information content (AvgIpc) is 3.19. The van der Waals surface area contributed by atoms with Crippen molar-refractivity contribution in [1.82, 2.24) is 10.5 Å². The van der Waals surface area contributed by atoms with Gasteiger partial charge in [-0.05, 0) is 72.2 Å². The first kappa shape index (κ1) is 20.0. The van der Waals surface area contributed by atoms with Gasteiger partial charge in [-0.1, -0.05) is 0 Å². The lowest BCUT2D eigenvalue weighted by Gasteiger charge is -2.22. The van der Waals surface area contributed by atoms with Crippen molar-refractivity contribution in [1.29, 1.82) is 0 Å².